The van der Waals surface area contributed by atoms with Gasteiger partial charge in [-0.2, -0.15) is 0 Å². The van der Waals surface area contributed by atoms with Crippen molar-refractivity contribution in [2.24, 2.45) is 5.73 Å². The van der Waals surface area contributed by atoms with Gasteiger partial charge in [-0.1, -0.05) is 56.2 Å². The molecule has 2 N–H and O–H groups in total. The first kappa shape index (κ1) is 14.3. The molecule has 2 nitrogen and oxygen atoms in total. The van der Waals surface area contributed by atoms with Crippen LogP contribution in [0.2, 0.25) is 0 Å². The molecule has 0 saturated heterocycles. The molecular weight excluding hydrogens is 232 g/mol. The maximum Gasteiger partial charge on any atom is 0.0285 e. The Morgan fingerprint density at radius 1 is 1.21 bits per heavy atom. The van der Waals surface area contributed by atoms with Gasteiger partial charge in [-0.25, -0.2) is 0 Å². The van der Waals surface area contributed by atoms with Crippen molar-refractivity contribution in [3.63, 3.8) is 0 Å². The fraction of sp³-hybridized carbons (Fsp3) is 0.529. The molecule has 0 aromatic heterocycles. The molecule has 0 fully saturated rings. The van der Waals surface area contributed by atoms with Crippen molar-refractivity contribution in [3.8, 4) is 0 Å². The average molecular weight is 258 g/mol. The monoisotopic (exact) mass is 258 g/mol. The lowest BCUT2D eigenvalue weighted by atomic mass is 10.1. The molecule has 1 unspecified atom stereocenters. The normalized spacial score (nSPS) is 19.2. The summed E-state index contributed by atoms with van der Waals surface area (Å²) in [6.07, 6.45) is 9.55. The van der Waals surface area contributed by atoms with Gasteiger partial charge in [-0.05, 0) is 30.5 Å². The van der Waals surface area contributed by atoms with E-state index in [1.165, 1.54) is 30.4 Å². The van der Waals surface area contributed by atoms with E-state index < -0.39 is 0 Å². The highest BCUT2D eigenvalue weighted by Crippen LogP contribution is 2.19. The van der Waals surface area contributed by atoms with Crippen LogP contribution in [-0.4, -0.2) is 24.0 Å². The van der Waals surface area contributed by atoms with E-state index in [9.17, 15) is 0 Å². The zero-order valence-corrected chi connectivity index (χ0v) is 12.0. The van der Waals surface area contributed by atoms with Crippen molar-refractivity contribution in [2.75, 3.05) is 13.1 Å². The number of nitrogens with zero attached hydrogens (tertiary/aromatic N) is 1. The maximum atomic E-state index is 5.58. The smallest absolute Gasteiger partial charge is 0.0285 e. The average Bonchev–Trinajstić information content (AvgIpc) is 2.86. The van der Waals surface area contributed by atoms with Gasteiger partial charge in [0.2, 0.25) is 0 Å². The second-order valence-electron chi connectivity index (χ2n) is 5.42. The van der Waals surface area contributed by atoms with Crippen LogP contribution in [0.1, 0.15) is 37.3 Å². The van der Waals surface area contributed by atoms with Crippen LogP contribution in [0.5, 0.6) is 0 Å². The van der Waals surface area contributed by atoms with Crippen LogP contribution in [0.4, 0.5) is 0 Å². The lowest BCUT2D eigenvalue weighted by Gasteiger charge is -2.24. The fourth-order valence-electron chi connectivity index (χ4n) is 2.70. The summed E-state index contributed by atoms with van der Waals surface area (Å²) in [6.45, 7) is 5.15. The number of nitrogens with two attached hydrogens (primary N) is 1. The molecule has 0 spiro atoms. The molecule has 2 heteroatoms. The summed E-state index contributed by atoms with van der Waals surface area (Å²) < 4.78 is 0. The third-order valence-corrected chi connectivity index (χ3v) is 3.86. The number of hydrogen-bond acceptors (Lipinski definition) is 2. The Bertz CT molecular complexity index is 394. The molecule has 0 radical (unpaired) electrons. The summed E-state index contributed by atoms with van der Waals surface area (Å²) in [7, 11) is 0. The van der Waals surface area contributed by atoms with E-state index in [2.05, 4.69) is 48.2 Å². The Balaban J connectivity index is 1.89. The fourth-order valence-corrected chi connectivity index (χ4v) is 2.70. The minimum Gasteiger partial charge on any atom is -0.330 e. The van der Waals surface area contributed by atoms with Crippen molar-refractivity contribution in [1.82, 2.24) is 4.90 Å². The standard InChI is InChI=1S/C17H26N2/c1-2-3-5-17-6-4-13-19(17)14-16-9-7-15(8-10-16)11-12-18/h4,6-10,17H,2-3,5,11-14,18H2,1H3. The molecule has 2 rings (SSSR count). The van der Waals surface area contributed by atoms with E-state index in [4.69, 9.17) is 5.73 Å². The summed E-state index contributed by atoms with van der Waals surface area (Å²) in [5.41, 5.74) is 8.33. The number of rotatable bonds is 7. The molecule has 19 heavy (non-hydrogen) atoms. The zero-order chi connectivity index (χ0) is 13.5. The lowest BCUT2D eigenvalue weighted by Crippen LogP contribution is -2.29. The zero-order valence-electron chi connectivity index (χ0n) is 12.0. The predicted octanol–water partition coefficient (Wildman–Crippen LogP) is 3.12. The van der Waals surface area contributed by atoms with Gasteiger partial charge in [-0.15, -0.1) is 0 Å². The molecule has 1 atom stereocenters. The Labute approximate surface area is 117 Å². The van der Waals surface area contributed by atoms with E-state index in [-0.39, 0.29) is 0 Å². The van der Waals surface area contributed by atoms with Crippen LogP contribution >= 0.6 is 0 Å². The van der Waals surface area contributed by atoms with Crippen molar-refractivity contribution >= 4 is 0 Å². The van der Waals surface area contributed by atoms with Gasteiger partial charge < -0.3 is 5.73 Å². The highest BCUT2D eigenvalue weighted by molar-refractivity contribution is 5.23. The van der Waals surface area contributed by atoms with Crippen LogP contribution in [0, 0.1) is 0 Å². The summed E-state index contributed by atoms with van der Waals surface area (Å²) >= 11 is 0. The van der Waals surface area contributed by atoms with E-state index in [1.54, 1.807) is 0 Å². The van der Waals surface area contributed by atoms with Gasteiger partial charge >= 0.3 is 0 Å². The van der Waals surface area contributed by atoms with Crippen molar-refractivity contribution in [2.45, 2.75) is 45.2 Å². The summed E-state index contributed by atoms with van der Waals surface area (Å²) in [4.78, 5) is 2.56. The molecule has 104 valence electrons. The van der Waals surface area contributed by atoms with Crippen molar-refractivity contribution in [3.05, 3.63) is 47.5 Å². The second-order valence-corrected chi connectivity index (χ2v) is 5.42. The molecule has 0 bridgehead atoms. The van der Waals surface area contributed by atoms with Gasteiger partial charge in [0, 0.05) is 19.1 Å². The minimum absolute atomic E-state index is 0.642. The Morgan fingerprint density at radius 3 is 2.63 bits per heavy atom. The summed E-state index contributed by atoms with van der Waals surface area (Å²) in [6, 6.07) is 9.57. The predicted molar refractivity (Wildman–Crippen MR) is 82.1 cm³/mol. The summed E-state index contributed by atoms with van der Waals surface area (Å²) in [5.74, 6) is 0. The topological polar surface area (TPSA) is 29.3 Å². The molecule has 0 saturated carbocycles. The van der Waals surface area contributed by atoms with Gasteiger partial charge in [0.25, 0.3) is 0 Å². The van der Waals surface area contributed by atoms with E-state index in [0.717, 1.165) is 26.1 Å². The highest BCUT2D eigenvalue weighted by atomic mass is 15.2. The molecule has 1 heterocycles. The molecule has 1 aliphatic rings. The van der Waals surface area contributed by atoms with Crippen LogP contribution in [0.15, 0.2) is 36.4 Å². The van der Waals surface area contributed by atoms with Crippen molar-refractivity contribution < 1.29 is 0 Å². The van der Waals surface area contributed by atoms with Crippen LogP contribution in [-0.2, 0) is 13.0 Å². The largest absolute Gasteiger partial charge is 0.330 e. The van der Waals surface area contributed by atoms with E-state index in [0.29, 0.717) is 6.04 Å². The Morgan fingerprint density at radius 2 is 1.95 bits per heavy atom. The first-order valence-electron chi connectivity index (χ1n) is 7.52. The first-order valence-corrected chi connectivity index (χ1v) is 7.52. The van der Waals surface area contributed by atoms with Crippen LogP contribution in [0.25, 0.3) is 0 Å². The highest BCUT2D eigenvalue weighted by Gasteiger charge is 2.18. The molecule has 1 aliphatic heterocycles. The first-order chi connectivity index (χ1) is 9.33. The molecule has 0 amide bonds. The number of hydrogen-bond donors (Lipinski definition) is 1. The van der Waals surface area contributed by atoms with Crippen molar-refractivity contribution in [1.29, 1.82) is 0 Å². The number of benzene rings is 1. The second kappa shape index (κ2) is 7.46. The summed E-state index contributed by atoms with van der Waals surface area (Å²) in [5, 5.41) is 0. The van der Waals surface area contributed by atoms with Gasteiger partial charge in [0.1, 0.15) is 0 Å². The maximum absolute atomic E-state index is 5.58. The quantitative estimate of drug-likeness (QED) is 0.761. The molecular formula is C17H26N2. The van der Waals surface area contributed by atoms with Crippen LogP contribution in [0.3, 0.4) is 0 Å². The Kier molecular flexibility index (Phi) is 5.62. The molecule has 1 aromatic rings. The van der Waals surface area contributed by atoms with Gasteiger partial charge in [-0.3, -0.25) is 4.90 Å². The van der Waals surface area contributed by atoms with E-state index in [1.807, 2.05) is 0 Å². The number of unbranched alkanes of at least 4 members (excludes halogenated alkanes) is 1. The third kappa shape index (κ3) is 4.19. The molecule has 1 aromatic carbocycles. The molecule has 0 aliphatic carbocycles. The third-order valence-electron chi connectivity index (χ3n) is 3.86. The van der Waals surface area contributed by atoms with E-state index >= 15 is 0 Å². The van der Waals surface area contributed by atoms with Gasteiger partial charge in [0.05, 0.1) is 0 Å². The lowest BCUT2D eigenvalue weighted by molar-refractivity contribution is 0.249. The minimum atomic E-state index is 0.642. The SMILES string of the molecule is CCCCC1C=CCN1Cc1ccc(CCN)cc1. The Hall–Kier alpha value is -1.12. The van der Waals surface area contributed by atoms with Crippen LogP contribution < -0.4 is 5.73 Å². The van der Waals surface area contributed by atoms with Gasteiger partial charge in [0.15, 0.2) is 0 Å².